The van der Waals surface area contributed by atoms with Gasteiger partial charge in [-0.3, -0.25) is 9.59 Å². The zero-order valence-corrected chi connectivity index (χ0v) is 31.9. The minimum atomic E-state index is -1.96. The predicted molar refractivity (Wildman–Crippen MR) is 199 cm³/mol. The molecular formula is C40H43FN4O11. The summed E-state index contributed by atoms with van der Waals surface area (Å²) in [6, 6.07) is 10.0. The first-order valence-corrected chi connectivity index (χ1v) is 18.2. The third-order valence-electron chi connectivity index (χ3n) is 9.48. The number of aromatic nitrogens is 2. The number of benzene rings is 2. The summed E-state index contributed by atoms with van der Waals surface area (Å²) in [5, 5.41) is 16.9. The van der Waals surface area contributed by atoms with Crippen molar-refractivity contribution in [1.29, 1.82) is 0 Å². The maximum Gasteiger partial charge on any atom is 0.508 e. The van der Waals surface area contributed by atoms with Gasteiger partial charge in [-0.05, 0) is 75.9 Å². The van der Waals surface area contributed by atoms with Crippen LogP contribution in [0.25, 0.3) is 22.3 Å². The normalized spacial score (nSPS) is 16.2. The van der Waals surface area contributed by atoms with Gasteiger partial charge in [-0.1, -0.05) is 26.0 Å². The average Bonchev–Trinajstić information content (AvgIpc) is 3.51. The number of pyridine rings is 2. The Morgan fingerprint density at radius 1 is 1.05 bits per heavy atom. The molecule has 0 aliphatic carbocycles. The van der Waals surface area contributed by atoms with E-state index in [4.69, 9.17) is 28.7 Å². The van der Waals surface area contributed by atoms with Crippen LogP contribution in [-0.2, 0) is 60.3 Å². The van der Waals surface area contributed by atoms with Crippen LogP contribution in [0.4, 0.5) is 19.7 Å². The highest BCUT2D eigenvalue weighted by atomic mass is 19.1. The number of amides is 2. The van der Waals surface area contributed by atoms with E-state index in [1.165, 1.54) is 23.6 Å². The maximum atomic E-state index is 15.3. The molecule has 0 saturated heterocycles. The van der Waals surface area contributed by atoms with Crippen LogP contribution in [0.2, 0.25) is 0 Å². The quantitative estimate of drug-likeness (QED) is 0.0885. The second-order valence-corrected chi connectivity index (χ2v) is 14.5. The Morgan fingerprint density at radius 2 is 1.79 bits per heavy atom. The van der Waals surface area contributed by atoms with Crippen molar-refractivity contribution >= 4 is 40.7 Å². The molecule has 0 fully saturated rings. The number of nitrogens with one attached hydrogen (secondary N) is 2. The highest BCUT2D eigenvalue weighted by Crippen LogP contribution is 2.41. The van der Waals surface area contributed by atoms with Crippen molar-refractivity contribution in [3.05, 3.63) is 86.5 Å². The molecule has 4 aromatic rings. The molecule has 2 aromatic carbocycles. The monoisotopic (exact) mass is 774 g/mol. The molecule has 56 heavy (non-hydrogen) atoms. The lowest BCUT2D eigenvalue weighted by atomic mass is 9.86. The van der Waals surface area contributed by atoms with Crippen LogP contribution in [0.5, 0.6) is 5.75 Å². The van der Waals surface area contributed by atoms with E-state index in [-0.39, 0.29) is 56.3 Å². The number of anilines is 1. The number of hydrogen-bond donors (Lipinski definition) is 3. The number of ether oxygens (including phenoxy) is 5. The Balaban J connectivity index is 1.04. The van der Waals surface area contributed by atoms with Gasteiger partial charge < -0.3 is 44.0 Å². The largest absolute Gasteiger partial charge is 0.508 e. The van der Waals surface area contributed by atoms with Gasteiger partial charge >= 0.3 is 18.2 Å². The molecule has 0 unspecified atom stereocenters. The van der Waals surface area contributed by atoms with Gasteiger partial charge in [-0.2, -0.15) is 0 Å². The highest BCUT2D eigenvalue weighted by Gasteiger charge is 2.45. The average molecular weight is 775 g/mol. The zero-order valence-electron chi connectivity index (χ0n) is 31.9. The fourth-order valence-corrected chi connectivity index (χ4v) is 6.62. The van der Waals surface area contributed by atoms with Crippen LogP contribution in [-0.4, -0.2) is 63.6 Å². The van der Waals surface area contributed by atoms with E-state index in [9.17, 15) is 29.1 Å². The van der Waals surface area contributed by atoms with E-state index in [2.05, 4.69) is 10.6 Å². The molecule has 2 atom stereocenters. The number of hydrogen-bond acceptors (Lipinski definition) is 12. The summed E-state index contributed by atoms with van der Waals surface area (Å²) in [4.78, 5) is 67.5. The Bertz CT molecular complexity index is 2280. The molecule has 2 aromatic heterocycles. The lowest BCUT2D eigenvalue weighted by molar-refractivity contribution is -0.172. The highest BCUT2D eigenvalue weighted by molar-refractivity contribution is 5.96. The molecule has 0 radical (unpaired) electrons. The summed E-state index contributed by atoms with van der Waals surface area (Å²) in [5.41, 5.74) is 1.22. The summed E-state index contributed by atoms with van der Waals surface area (Å²) in [5.74, 6) is -2.06. The van der Waals surface area contributed by atoms with Gasteiger partial charge in [0, 0.05) is 28.3 Å². The number of aliphatic hydroxyl groups is 1. The van der Waals surface area contributed by atoms with E-state index in [0.717, 1.165) is 11.1 Å². The van der Waals surface area contributed by atoms with Gasteiger partial charge in [0.2, 0.25) is 5.91 Å². The number of carbonyl (C=O) groups excluding carboxylic acids is 4. The summed E-state index contributed by atoms with van der Waals surface area (Å²) >= 11 is 0. The summed E-state index contributed by atoms with van der Waals surface area (Å²) in [6.45, 7) is 9.64. The van der Waals surface area contributed by atoms with Crippen molar-refractivity contribution in [1.82, 2.24) is 14.9 Å². The summed E-state index contributed by atoms with van der Waals surface area (Å²) in [7, 11) is 0. The fraction of sp³-hybridized carbons (Fsp3) is 0.400. The maximum absolute atomic E-state index is 15.3. The van der Waals surface area contributed by atoms with E-state index in [1.807, 2.05) is 6.92 Å². The molecule has 3 N–H and O–H groups in total. The molecule has 2 amide bonds. The van der Waals surface area contributed by atoms with Crippen LogP contribution < -0.4 is 20.9 Å². The topological polar surface area (TPSA) is 194 Å². The molecule has 16 heteroatoms. The Morgan fingerprint density at radius 3 is 2.46 bits per heavy atom. The lowest BCUT2D eigenvalue weighted by Gasteiger charge is -2.31. The Labute approximate surface area is 321 Å². The van der Waals surface area contributed by atoms with Crippen LogP contribution in [0, 0.1) is 5.82 Å². The number of fused-ring (bicyclic) bond motifs is 5. The number of esters is 1. The Hall–Kier alpha value is -6.03. The standard InChI is InChI=1S/C40H43FN4O11/c1-7-24-25-15-32(29(41)17-30(25)44-33-26(24)18-45-31(33)16-28-27(35(45)47)20-54-36(48)40(28,51)8-2)52-13-14-53-38(50)55-19-22-9-11-23(12-10-22)43-34(46)21(3)42-37(49)56-39(4,5)6/h9-12,15-17,21,51H,7-8,13-14,18-20H2,1-6H3,(H,42,49)(H,43,46)/t21-,40-/m0/s1. The minimum Gasteiger partial charge on any atom is -0.487 e. The van der Waals surface area contributed by atoms with E-state index < -0.39 is 52.7 Å². The summed E-state index contributed by atoms with van der Waals surface area (Å²) in [6.07, 6.45) is -1.15. The van der Waals surface area contributed by atoms with Crippen molar-refractivity contribution in [2.75, 3.05) is 18.5 Å². The second kappa shape index (κ2) is 15.6. The SMILES string of the molecule is CCc1c2c(nc3cc(F)c(OCCOC(=O)OCc4ccc(NC(=O)[C@H](C)NC(=O)OC(C)(C)C)cc4)cc13)-c1cc3c(c(=O)n1C2)COC(=O)[C@]3(O)CC. The molecule has 15 nitrogen and oxygen atoms in total. The van der Waals surface area contributed by atoms with Crippen LogP contribution >= 0.6 is 0 Å². The van der Waals surface area contributed by atoms with Gasteiger partial charge in [0.25, 0.3) is 5.56 Å². The van der Waals surface area contributed by atoms with Gasteiger partial charge in [0.05, 0.1) is 29.0 Å². The number of carbonyl (C=O) groups is 4. The minimum absolute atomic E-state index is 0.0122. The van der Waals surface area contributed by atoms with Gasteiger partial charge in [-0.25, -0.2) is 23.8 Å². The number of nitrogens with zero attached hydrogens (tertiary/aromatic N) is 2. The van der Waals surface area contributed by atoms with Crippen LogP contribution in [0.3, 0.4) is 0 Å². The number of halogens is 1. The first-order chi connectivity index (χ1) is 26.5. The van der Waals surface area contributed by atoms with Crippen molar-refractivity contribution in [2.24, 2.45) is 0 Å². The van der Waals surface area contributed by atoms with Gasteiger partial charge in [-0.15, -0.1) is 0 Å². The molecule has 6 rings (SSSR count). The van der Waals surface area contributed by atoms with Crippen molar-refractivity contribution in [2.45, 2.75) is 91.4 Å². The molecule has 2 aliphatic rings. The molecular weight excluding hydrogens is 731 g/mol. The molecule has 0 bridgehead atoms. The molecule has 296 valence electrons. The molecule has 2 aliphatic heterocycles. The zero-order chi connectivity index (χ0) is 40.5. The Kier molecular flexibility index (Phi) is 11.1. The predicted octanol–water partition coefficient (Wildman–Crippen LogP) is 5.37. The van der Waals surface area contributed by atoms with Gasteiger partial charge in [0.1, 0.15) is 38.1 Å². The summed E-state index contributed by atoms with van der Waals surface area (Å²) < 4.78 is 43.1. The van der Waals surface area contributed by atoms with E-state index in [0.29, 0.717) is 40.0 Å². The second-order valence-electron chi connectivity index (χ2n) is 14.5. The van der Waals surface area contributed by atoms with Gasteiger partial charge in [0.15, 0.2) is 17.2 Å². The molecule has 0 saturated carbocycles. The van der Waals surface area contributed by atoms with E-state index >= 15 is 4.39 Å². The van der Waals surface area contributed by atoms with Crippen LogP contribution in [0.1, 0.15) is 75.8 Å². The van der Waals surface area contributed by atoms with Crippen molar-refractivity contribution < 1.29 is 52.4 Å². The van der Waals surface area contributed by atoms with Crippen molar-refractivity contribution in [3.8, 4) is 17.1 Å². The number of alkyl carbamates (subject to hydrolysis) is 1. The first-order valence-electron chi connectivity index (χ1n) is 18.2. The molecule has 4 heterocycles. The fourth-order valence-electron chi connectivity index (χ4n) is 6.62. The van der Waals surface area contributed by atoms with Crippen LogP contribution in [0.15, 0.2) is 47.3 Å². The van der Waals surface area contributed by atoms with E-state index in [1.54, 1.807) is 58.0 Å². The third-order valence-corrected chi connectivity index (χ3v) is 9.48. The molecule has 0 spiro atoms. The number of rotatable bonds is 11. The number of aryl methyl sites for hydroxylation is 1. The first kappa shape index (κ1) is 39.7. The number of cyclic esters (lactones) is 1. The third kappa shape index (κ3) is 8.01. The lowest BCUT2D eigenvalue weighted by Crippen LogP contribution is -2.44. The van der Waals surface area contributed by atoms with Crippen molar-refractivity contribution in [3.63, 3.8) is 0 Å². The smallest absolute Gasteiger partial charge is 0.487 e.